The van der Waals surface area contributed by atoms with Gasteiger partial charge >= 0.3 is 0 Å². The summed E-state index contributed by atoms with van der Waals surface area (Å²) in [6.45, 7) is 0.207. The van der Waals surface area contributed by atoms with E-state index in [1.807, 2.05) is 11.4 Å². The van der Waals surface area contributed by atoms with Crippen molar-refractivity contribution in [2.24, 2.45) is 0 Å². The van der Waals surface area contributed by atoms with Gasteiger partial charge in [-0.15, -0.1) is 11.3 Å². The SMILES string of the molecule is CN(Cc1csc(Br)c1)S(=O)(=O)c1ccccc1F. The van der Waals surface area contributed by atoms with E-state index in [2.05, 4.69) is 15.9 Å². The first kappa shape index (κ1) is 14.6. The van der Waals surface area contributed by atoms with Crippen molar-refractivity contribution in [1.82, 2.24) is 4.31 Å². The molecule has 0 aliphatic carbocycles. The summed E-state index contributed by atoms with van der Waals surface area (Å²) in [7, 11) is -2.37. The lowest BCUT2D eigenvalue weighted by Crippen LogP contribution is -2.27. The molecule has 1 heterocycles. The average molecular weight is 364 g/mol. The lowest BCUT2D eigenvalue weighted by Gasteiger charge is -2.16. The van der Waals surface area contributed by atoms with Crippen LogP contribution in [0.5, 0.6) is 0 Å². The molecule has 1 aromatic carbocycles. The van der Waals surface area contributed by atoms with E-state index in [9.17, 15) is 12.8 Å². The third kappa shape index (κ3) is 3.22. The summed E-state index contributed by atoms with van der Waals surface area (Å²) in [5, 5.41) is 1.86. The highest BCUT2D eigenvalue weighted by Gasteiger charge is 2.24. The summed E-state index contributed by atoms with van der Waals surface area (Å²) in [4.78, 5) is -0.299. The zero-order valence-corrected chi connectivity index (χ0v) is 13.2. The van der Waals surface area contributed by atoms with Gasteiger partial charge in [0.15, 0.2) is 0 Å². The topological polar surface area (TPSA) is 37.4 Å². The molecule has 19 heavy (non-hydrogen) atoms. The first-order valence-electron chi connectivity index (χ1n) is 5.35. The van der Waals surface area contributed by atoms with Gasteiger partial charge in [-0.3, -0.25) is 0 Å². The van der Waals surface area contributed by atoms with E-state index in [4.69, 9.17) is 0 Å². The molecular formula is C12H11BrFNO2S2. The van der Waals surface area contributed by atoms with Gasteiger partial charge in [0, 0.05) is 13.6 Å². The summed E-state index contributed by atoms with van der Waals surface area (Å²) in [5.41, 5.74) is 0.860. The summed E-state index contributed by atoms with van der Waals surface area (Å²) in [6, 6.07) is 7.22. The van der Waals surface area contributed by atoms with Crippen molar-refractivity contribution in [3.8, 4) is 0 Å². The van der Waals surface area contributed by atoms with E-state index in [1.54, 1.807) is 0 Å². The van der Waals surface area contributed by atoms with Crippen molar-refractivity contribution in [2.45, 2.75) is 11.4 Å². The molecule has 3 nitrogen and oxygen atoms in total. The normalized spacial score (nSPS) is 12.0. The first-order chi connectivity index (χ1) is 8.91. The second kappa shape index (κ2) is 5.70. The molecule has 0 bridgehead atoms. The molecule has 2 aromatic rings. The fourth-order valence-corrected chi connectivity index (χ4v) is 4.01. The van der Waals surface area contributed by atoms with Crippen molar-refractivity contribution < 1.29 is 12.8 Å². The highest BCUT2D eigenvalue weighted by atomic mass is 79.9. The third-order valence-corrected chi connectivity index (χ3v) is 5.94. The van der Waals surface area contributed by atoms with Crippen LogP contribution in [0.15, 0.2) is 44.4 Å². The Morgan fingerprint density at radius 1 is 1.37 bits per heavy atom. The third-order valence-electron chi connectivity index (χ3n) is 2.55. The van der Waals surface area contributed by atoms with Crippen LogP contribution < -0.4 is 0 Å². The molecule has 0 N–H and O–H groups in total. The molecule has 0 radical (unpaired) electrons. The number of halogens is 2. The summed E-state index contributed by atoms with van der Waals surface area (Å²) < 4.78 is 40.1. The molecule has 0 aliphatic heterocycles. The summed E-state index contributed by atoms with van der Waals surface area (Å²) in [5.74, 6) is -0.735. The summed E-state index contributed by atoms with van der Waals surface area (Å²) in [6.07, 6.45) is 0. The van der Waals surface area contributed by atoms with Gasteiger partial charge in [-0.1, -0.05) is 12.1 Å². The van der Waals surface area contributed by atoms with Crippen molar-refractivity contribution in [3.63, 3.8) is 0 Å². The zero-order valence-electron chi connectivity index (χ0n) is 10.0. The molecule has 0 fully saturated rings. The van der Waals surface area contributed by atoms with Crippen LogP contribution in [0.2, 0.25) is 0 Å². The van der Waals surface area contributed by atoms with Crippen LogP contribution in [0.1, 0.15) is 5.56 Å². The van der Waals surface area contributed by atoms with Gasteiger partial charge in [0.2, 0.25) is 10.0 Å². The van der Waals surface area contributed by atoms with Crippen LogP contribution in [0.3, 0.4) is 0 Å². The predicted octanol–water partition coefficient (Wildman–Crippen LogP) is 3.47. The second-order valence-corrected chi connectivity index (χ2v) is 8.25. The number of benzene rings is 1. The zero-order chi connectivity index (χ0) is 14.0. The van der Waals surface area contributed by atoms with E-state index in [0.29, 0.717) is 0 Å². The number of hydrogen-bond donors (Lipinski definition) is 0. The Labute approximate surface area is 123 Å². The minimum Gasteiger partial charge on any atom is -0.207 e. The number of nitrogens with zero attached hydrogens (tertiary/aromatic N) is 1. The maximum absolute atomic E-state index is 13.6. The Morgan fingerprint density at radius 3 is 2.63 bits per heavy atom. The molecule has 0 saturated carbocycles. The lowest BCUT2D eigenvalue weighted by atomic mass is 10.3. The minimum absolute atomic E-state index is 0.207. The molecule has 0 spiro atoms. The fourth-order valence-electron chi connectivity index (χ4n) is 1.59. The largest absolute Gasteiger partial charge is 0.246 e. The molecule has 0 atom stereocenters. The quantitative estimate of drug-likeness (QED) is 0.833. The number of sulfonamides is 1. The van der Waals surface area contributed by atoms with Crippen molar-refractivity contribution in [3.05, 3.63) is 50.9 Å². The van der Waals surface area contributed by atoms with Gasteiger partial charge < -0.3 is 0 Å². The van der Waals surface area contributed by atoms with Crippen LogP contribution in [-0.4, -0.2) is 19.8 Å². The van der Waals surface area contributed by atoms with Gasteiger partial charge in [0.25, 0.3) is 0 Å². The summed E-state index contributed by atoms with van der Waals surface area (Å²) >= 11 is 4.80. The highest BCUT2D eigenvalue weighted by molar-refractivity contribution is 9.11. The van der Waals surface area contributed by atoms with E-state index in [1.165, 1.54) is 36.6 Å². The molecule has 1 aromatic heterocycles. The first-order valence-corrected chi connectivity index (χ1v) is 8.46. The van der Waals surface area contributed by atoms with Gasteiger partial charge in [0.05, 0.1) is 3.79 Å². The lowest BCUT2D eigenvalue weighted by molar-refractivity contribution is 0.460. The predicted molar refractivity (Wildman–Crippen MR) is 77.1 cm³/mol. The second-order valence-electron chi connectivity index (χ2n) is 3.95. The molecule has 7 heteroatoms. The minimum atomic E-state index is -3.81. The van der Waals surface area contributed by atoms with Crippen LogP contribution in [0.4, 0.5) is 4.39 Å². The van der Waals surface area contributed by atoms with E-state index in [0.717, 1.165) is 19.7 Å². The van der Waals surface area contributed by atoms with Crippen LogP contribution in [-0.2, 0) is 16.6 Å². The van der Waals surface area contributed by atoms with Crippen molar-refractivity contribution >= 4 is 37.3 Å². The Balaban J connectivity index is 2.27. The number of hydrogen-bond acceptors (Lipinski definition) is 3. The van der Waals surface area contributed by atoms with Crippen LogP contribution >= 0.6 is 27.3 Å². The molecule has 0 amide bonds. The highest BCUT2D eigenvalue weighted by Crippen LogP contribution is 2.24. The monoisotopic (exact) mass is 363 g/mol. The Hall–Kier alpha value is -0.760. The smallest absolute Gasteiger partial charge is 0.207 e. The maximum atomic E-state index is 13.6. The molecule has 2 rings (SSSR count). The Morgan fingerprint density at radius 2 is 2.05 bits per heavy atom. The molecule has 0 unspecified atom stereocenters. The molecule has 102 valence electrons. The number of rotatable bonds is 4. The molecular weight excluding hydrogens is 353 g/mol. The molecule has 0 saturated heterocycles. The van der Waals surface area contributed by atoms with Gasteiger partial charge in [-0.05, 0) is 45.1 Å². The van der Waals surface area contributed by atoms with E-state index < -0.39 is 15.8 Å². The van der Waals surface area contributed by atoms with Crippen molar-refractivity contribution in [1.29, 1.82) is 0 Å². The van der Waals surface area contributed by atoms with Crippen molar-refractivity contribution in [2.75, 3.05) is 7.05 Å². The number of thiophene rings is 1. The van der Waals surface area contributed by atoms with Crippen LogP contribution in [0.25, 0.3) is 0 Å². The maximum Gasteiger partial charge on any atom is 0.246 e. The average Bonchev–Trinajstić information content (AvgIpc) is 2.75. The van der Waals surface area contributed by atoms with Gasteiger partial charge in [-0.2, -0.15) is 4.31 Å². The molecule has 0 aliphatic rings. The standard InChI is InChI=1S/C12H11BrFNO2S2/c1-15(7-9-6-12(13)18-8-9)19(16,17)11-5-3-2-4-10(11)14/h2-6,8H,7H2,1H3. The van der Waals surface area contributed by atoms with E-state index in [-0.39, 0.29) is 11.4 Å². The van der Waals surface area contributed by atoms with Gasteiger partial charge in [-0.25, -0.2) is 12.8 Å². The Bertz CT molecular complexity index is 685. The van der Waals surface area contributed by atoms with Crippen LogP contribution in [0, 0.1) is 5.82 Å². The fraction of sp³-hybridized carbons (Fsp3) is 0.167. The van der Waals surface area contributed by atoms with Gasteiger partial charge in [0.1, 0.15) is 10.7 Å². The Kier molecular flexibility index (Phi) is 4.39. The van der Waals surface area contributed by atoms with E-state index >= 15 is 0 Å².